The lowest BCUT2D eigenvalue weighted by molar-refractivity contribution is -0.137. The summed E-state index contributed by atoms with van der Waals surface area (Å²) in [6, 6.07) is 6.46. The molecular formula is C17H14F3N3O. The van der Waals surface area contributed by atoms with Crippen LogP contribution in [0.5, 0.6) is 0 Å². The number of anilines is 1. The number of ether oxygens (including phenoxy) is 1. The molecule has 0 atom stereocenters. The molecular weight excluding hydrogens is 319 g/mol. The fourth-order valence-corrected chi connectivity index (χ4v) is 2.36. The smallest absolute Gasteiger partial charge is 0.416 e. The number of aromatic nitrogens is 1. The molecule has 0 spiro atoms. The minimum atomic E-state index is -4.43. The Balaban J connectivity index is 2.71. The normalized spacial score (nSPS) is 11.0. The molecule has 0 aliphatic rings. The van der Waals surface area contributed by atoms with Crippen LogP contribution in [0.2, 0.25) is 0 Å². The number of benzene rings is 1. The van der Waals surface area contributed by atoms with Gasteiger partial charge in [0.05, 0.1) is 12.7 Å². The molecule has 0 unspecified atom stereocenters. The second-order valence-corrected chi connectivity index (χ2v) is 5.03. The Bertz CT molecular complexity index is 834. The molecule has 7 heteroatoms. The van der Waals surface area contributed by atoms with E-state index in [0.717, 1.165) is 12.1 Å². The first kappa shape index (κ1) is 17.3. The number of alkyl halides is 3. The van der Waals surface area contributed by atoms with Crippen LogP contribution < -0.4 is 5.73 Å². The van der Waals surface area contributed by atoms with Gasteiger partial charge in [-0.3, -0.25) is 0 Å². The molecule has 2 rings (SSSR count). The van der Waals surface area contributed by atoms with Gasteiger partial charge in [0.25, 0.3) is 0 Å². The average Bonchev–Trinajstić information content (AvgIpc) is 2.54. The summed E-state index contributed by atoms with van der Waals surface area (Å²) in [6.07, 6.45) is -4.43. The highest BCUT2D eigenvalue weighted by Crippen LogP contribution is 2.36. The van der Waals surface area contributed by atoms with Crippen LogP contribution in [0.1, 0.15) is 22.4 Å². The number of rotatable bonds is 3. The van der Waals surface area contributed by atoms with Crippen LogP contribution in [-0.4, -0.2) is 12.1 Å². The highest BCUT2D eigenvalue weighted by atomic mass is 19.4. The number of hydrogen-bond donors (Lipinski definition) is 1. The molecule has 0 saturated carbocycles. The maximum atomic E-state index is 12.7. The van der Waals surface area contributed by atoms with Gasteiger partial charge in [-0.2, -0.15) is 18.4 Å². The van der Waals surface area contributed by atoms with Crippen molar-refractivity contribution in [1.29, 1.82) is 5.26 Å². The molecule has 1 aromatic carbocycles. The lowest BCUT2D eigenvalue weighted by Crippen LogP contribution is -2.07. The van der Waals surface area contributed by atoms with Gasteiger partial charge in [-0.25, -0.2) is 4.98 Å². The molecule has 0 saturated heterocycles. The summed E-state index contributed by atoms with van der Waals surface area (Å²) < 4.78 is 43.2. The van der Waals surface area contributed by atoms with E-state index < -0.39 is 11.7 Å². The maximum absolute atomic E-state index is 12.7. The summed E-state index contributed by atoms with van der Waals surface area (Å²) in [5, 5.41) is 9.35. The Morgan fingerprint density at radius 1 is 1.29 bits per heavy atom. The zero-order valence-corrected chi connectivity index (χ0v) is 13.0. The lowest BCUT2D eigenvalue weighted by atomic mass is 9.94. The number of nitrogens with zero attached hydrogens (tertiary/aromatic N) is 2. The van der Waals surface area contributed by atoms with Crippen LogP contribution in [0.15, 0.2) is 30.8 Å². The molecule has 124 valence electrons. The van der Waals surface area contributed by atoms with Crippen molar-refractivity contribution < 1.29 is 17.9 Å². The predicted octanol–water partition coefficient (Wildman–Crippen LogP) is 4.15. The van der Waals surface area contributed by atoms with Gasteiger partial charge in [-0.15, -0.1) is 0 Å². The lowest BCUT2D eigenvalue weighted by Gasteiger charge is -2.16. The van der Waals surface area contributed by atoms with Crippen LogP contribution in [0.3, 0.4) is 0 Å². The van der Waals surface area contributed by atoms with E-state index in [1.807, 2.05) is 6.07 Å². The van der Waals surface area contributed by atoms with Gasteiger partial charge < -0.3 is 10.5 Å². The first-order valence-corrected chi connectivity index (χ1v) is 6.81. The van der Waals surface area contributed by atoms with Gasteiger partial charge in [0, 0.05) is 5.56 Å². The number of methoxy groups -OCH3 is 1. The first-order valence-electron chi connectivity index (χ1n) is 6.81. The molecule has 0 aliphatic heterocycles. The van der Waals surface area contributed by atoms with E-state index in [2.05, 4.69) is 11.6 Å². The summed E-state index contributed by atoms with van der Waals surface area (Å²) in [4.78, 5) is 4.11. The van der Waals surface area contributed by atoms with Crippen molar-refractivity contribution in [3.05, 3.63) is 53.2 Å². The van der Waals surface area contributed by atoms with Crippen LogP contribution in [0.4, 0.5) is 19.0 Å². The zero-order chi connectivity index (χ0) is 18.1. The third-order valence-corrected chi connectivity index (χ3v) is 3.59. The van der Waals surface area contributed by atoms with Crippen molar-refractivity contribution in [2.24, 2.45) is 0 Å². The third kappa shape index (κ3) is 3.04. The van der Waals surface area contributed by atoms with Crippen molar-refractivity contribution in [3.63, 3.8) is 0 Å². The summed E-state index contributed by atoms with van der Waals surface area (Å²) in [5.41, 5.74) is 6.88. The van der Waals surface area contributed by atoms with Gasteiger partial charge >= 0.3 is 6.18 Å². The SMILES string of the molecule is C=C(OC)c1nc(N)c(C#N)c(-c2ccc(C(F)(F)F)cc2)c1C. The van der Waals surface area contributed by atoms with Crippen molar-refractivity contribution in [2.45, 2.75) is 13.1 Å². The standard InChI is InChI=1S/C17H14F3N3O/c1-9-14(11-4-6-12(7-5-11)17(18,19)20)13(8-21)16(22)23-15(9)10(2)24-3/h4-7H,2H2,1,3H3,(H2,22,23). The fourth-order valence-electron chi connectivity index (χ4n) is 2.36. The van der Waals surface area contributed by atoms with Crippen LogP contribution in [0.25, 0.3) is 16.9 Å². The molecule has 4 nitrogen and oxygen atoms in total. The van der Waals surface area contributed by atoms with E-state index in [9.17, 15) is 18.4 Å². The molecule has 2 N–H and O–H groups in total. The van der Waals surface area contributed by atoms with E-state index >= 15 is 0 Å². The molecule has 0 radical (unpaired) electrons. The number of pyridine rings is 1. The van der Waals surface area contributed by atoms with E-state index in [1.165, 1.54) is 19.2 Å². The van der Waals surface area contributed by atoms with E-state index in [-0.39, 0.29) is 17.1 Å². The minimum absolute atomic E-state index is 0.0359. The van der Waals surface area contributed by atoms with Crippen LogP contribution in [-0.2, 0) is 10.9 Å². The van der Waals surface area contributed by atoms with Gasteiger partial charge in [0.15, 0.2) is 0 Å². The number of hydrogen-bond acceptors (Lipinski definition) is 4. The molecule has 0 amide bonds. The van der Waals surface area contributed by atoms with Crippen molar-refractivity contribution in [3.8, 4) is 17.2 Å². The number of nitrogens with two attached hydrogens (primary N) is 1. The number of halogens is 3. The predicted molar refractivity (Wildman–Crippen MR) is 84.6 cm³/mol. The van der Waals surface area contributed by atoms with E-state index in [4.69, 9.17) is 10.5 Å². The Labute approximate surface area is 137 Å². The van der Waals surface area contributed by atoms with Crippen molar-refractivity contribution in [1.82, 2.24) is 4.98 Å². The quantitative estimate of drug-likeness (QED) is 0.857. The van der Waals surface area contributed by atoms with Crippen LogP contribution in [0, 0.1) is 18.3 Å². The number of nitrogen functional groups attached to an aromatic ring is 1. The topological polar surface area (TPSA) is 71.9 Å². The Hall–Kier alpha value is -3.01. The van der Waals surface area contributed by atoms with Gasteiger partial charge in [-0.1, -0.05) is 18.7 Å². The Morgan fingerprint density at radius 2 is 1.88 bits per heavy atom. The summed E-state index contributed by atoms with van der Waals surface area (Å²) in [7, 11) is 1.41. The van der Waals surface area contributed by atoms with Crippen LogP contribution >= 0.6 is 0 Å². The van der Waals surface area contributed by atoms with Crippen molar-refractivity contribution >= 4 is 11.6 Å². The van der Waals surface area contributed by atoms with Gasteiger partial charge in [0.2, 0.25) is 0 Å². The maximum Gasteiger partial charge on any atom is 0.416 e. The summed E-state index contributed by atoms with van der Waals surface area (Å²) in [5.74, 6) is 0.211. The molecule has 0 aliphatic carbocycles. The molecule has 0 bridgehead atoms. The van der Waals surface area contributed by atoms with Gasteiger partial charge in [-0.05, 0) is 30.2 Å². The molecule has 24 heavy (non-hydrogen) atoms. The molecule has 1 aromatic heterocycles. The van der Waals surface area contributed by atoms with E-state index in [1.54, 1.807) is 6.92 Å². The van der Waals surface area contributed by atoms with E-state index in [0.29, 0.717) is 22.4 Å². The minimum Gasteiger partial charge on any atom is -0.495 e. The molecule has 2 aromatic rings. The highest BCUT2D eigenvalue weighted by Gasteiger charge is 2.30. The fraction of sp³-hybridized carbons (Fsp3) is 0.176. The molecule has 1 heterocycles. The average molecular weight is 333 g/mol. The number of nitriles is 1. The van der Waals surface area contributed by atoms with Crippen molar-refractivity contribution in [2.75, 3.05) is 12.8 Å². The zero-order valence-electron chi connectivity index (χ0n) is 13.0. The summed E-state index contributed by atoms with van der Waals surface area (Å²) >= 11 is 0. The third-order valence-electron chi connectivity index (χ3n) is 3.59. The Kier molecular flexibility index (Phi) is 4.51. The highest BCUT2D eigenvalue weighted by molar-refractivity contribution is 5.82. The monoisotopic (exact) mass is 333 g/mol. The summed E-state index contributed by atoms with van der Waals surface area (Å²) in [6.45, 7) is 5.39. The Morgan fingerprint density at radius 3 is 2.33 bits per heavy atom. The first-order chi connectivity index (χ1) is 11.2. The second kappa shape index (κ2) is 6.24. The second-order valence-electron chi connectivity index (χ2n) is 5.03. The largest absolute Gasteiger partial charge is 0.495 e. The molecule has 0 fully saturated rings. The van der Waals surface area contributed by atoms with Gasteiger partial charge in [0.1, 0.15) is 28.9 Å².